The highest BCUT2D eigenvalue weighted by Crippen LogP contribution is 2.58. The summed E-state index contributed by atoms with van der Waals surface area (Å²) in [6, 6.07) is 34.1. The fourth-order valence-electron chi connectivity index (χ4n) is 6.22. The number of aromatic nitrogens is 2. The van der Waals surface area contributed by atoms with Gasteiger partial charge in [-0.05, 0) is 72.8 Å². The molecule has 0 bridgehead atoms. The molecule has 1 atom stereocenters. The van der Waals surface area contributed by atoms with E-state index in [-0.39, 0.29) is 22.9 Å². The molecule has 2 aliphatic heterocycles. The molecule has 0 aliphatic carbocycles. The van der Waals surface area contributed by atoms with Gasteiger partial charge in [0.15, 0.2) is 5.60 Å². The average Bonchev–Trinajstić information content (AvgIpc) is 3.40. The Morgan fingerprint density at radius 2 is 1.38 bits per heavy atom. The van der Waals surface area contributed by atoms with Crippen LogP contribution in [0, 0.1) is 0 Å². The van der Waals surface area contributed by atoms with Gasteiger partial charge >= 0.3 is 5.97 Å². The van der Waals surface area contributed by atoms with Crippen molar-refractivity contribution >= 4 is 23.0 Å². The molecule has 48 heavy (non-hydrogen) atoms. The van der Waals surface area contributed by atoms with Gasteiger partial charge in [-0.25, -0.2) is 4.79 Å². The molecule has 2 N–H and O–H groups in total. The lowest BCUT2D eigenvalue weighted by atomic mass is 9.77. The highest BCUT2D eigenvalue weighted by Gasteiger charge is 2.53. The number of hydrogen-bond acceptors (Lipinski definition) is 10. The number of ether oxygens (including phenoxy) is 2. The first-order chi connectivity index (χ1) is 23.5. The second-order valence-corrected chi connectivity index (χ2v) is 11.5. The smallest absolute Gasteiger partial charge is 0.340 e. The maximum Gasteiger partial charge on any atom is 0.340 e. The van der Waals surface area contributed by atoms with E-state index in [4.69, 9.17) is 9.47 Å². The van der Waals surface area contributed by atoms with Crippen molar-refractivity contribution in [1.29, 1.82) is 0 Å². The molecule has 2 aromatic heterocycles. The van der Waals surface area contributed by atoms with Crippen LogP contribution in [0.25, 0.3) is 0 Å². The largest absolute Gasteiger partial charge is 0.508 e. The van der Waals surface area contributed by atoms with Crippen LogP contribution in [-0.4, -0.2) is 26.2 Å². The molecule has 0 saturated carbocycles. The van der Waals surface area contributed by atoms with Gasteiger partial charge in [-0.1, -0.05) is 30.3 Å². The molecule has 1 spiro atoms. The Labute approximate surface area is 275 Å². The fourth-order valence-corrected chi connectivity index (χ4v) is 6.22. The fraction of sp³-hybridized carbons (Fsp3) is 0.0789. The van der Waals surface area contributed by atoms with E-state index in [1.807, 2.05) is 72.8 Å². The Balaban J connectivity index is 1.13. The number of carbonyl (C=O) groups is 1. The van der Waals surface area contributed by atoms with Crippen LogP contribution in [0.15, 0.2) is 138 Å². The first kappa shape index (κ1) is 28.9. The number of phenolic OH excluding ortho intramolecular Hbond substituents is 2. The molecular weight excluding hydrogens is 606 g/mol. The standard InChI is InChI=1S/C38H27N5O5/c44-28-15-16-31-35(19-28)47-36-21-34(45)33(20-32(36)38(31)30-10-2-1-9-29(30)37(46)48-38)42-41-24-11-13-27(14-12-24)43(22-25-7-3-5-17-39-25)23-26-8-4-6-18-40-26/h1-21,44-45H,22-23H2/b42-41+. The molecule has 6 aromatic rings. The lowest BCUT2D eigenvalue weighted by molar-refractivity contribution is 0.0224. The highest BCUT2D eigenvalue weighted by atomic mass is 16.6. The van der Waals surface area contributed by atoms with Gasteiger partial charge in [0.1, 0.15) is 28.7 Å². The van der Waals surface area contributed by atoms with Gasteiger partial charge in [0.25, 0.3) is 0 Å². The number of phenols is 2. The van der Waals surface area contributed by atoms with Crippen molar-refractivity contribution in [2.75, 3.05) is 4.90 Å². The third-order valence-electron chi connectivity index (χ3n) is 8.44. The van der Waals surface area contributed by atoms with Crippen molar-refractivity contribution in [3.05, 3.63) is 161 Å². The van der Waals surface area contributed by atoms with Crippen LogP contribution in [0.4, 0.5) is 17.1 Å². The number of benzene rings is 4. The molecule has 0 radical (unpaired) electrons. The third-order valence-corrected chi connectivity index (χ3v) is 8.44. The van der Waals surface area contributed by atoms with E-state index in [1.165, 1.54) is 18.2 Å². The summed E-state index contributed by atoms with van der Waals surface area (Å²) in [5.41, 5.74) is 4.20. The predicted octanol–water partition coefficient (Wildman–Crippen LogP) is 8.08. The summed E-state index contributed by atoms with van der Waals surface area (Å²) < 4.78 is 12.3. The van der Waals surface area contributed by atoms with E-state index < -0.39 is 11.6 Å². The minimum atomic E-state index is -1.38. The quantitative estimate of drug-likeness (QED) is 0.133. The number of hydrogen-bond donors (Lipinski definition) is 2. The number of fused-ring (bicyclic) bond motifs is 6. The van der Waals surface area contributed by atoms with Gasteiger partial charge in [-0.3, -0.25) is 9.97 Å². The van der Waals surface area contributed by atoms with E-state index in [0.717, 1.165) is 17.1 Å². The summed E-state index contributed by atoms with van der Waals surface area (Å²) in [4.78, 5) is 24.3. The molecule has 8 rings (SSSR count). The van der Waals surface area contributed by atoms with Crippen molar-refractivity contribution in [1.82, 2.24) is 9.97 Å². The SMILES string of the molecule is O=C1OC2(c3ccc(O)cc3Oc3cc(O)c(/N=N/c4ccc(N(Cc5ccccn5)Cc5ccccn5)cc4)cc32)c2ccccc21. The molecule has 4 aromatic carbocycles. The predicted molar refractivity (Wildman–Crippen MR) is 177 cm³/mol. The molecule has 10 nitrogen and oxygen atoms in total. The second kappa shape index (κ2) is 11.7. The zero-order chi connectivity index (χ0) is 32.7. The first-order valence-corrected chi connectivity index (χ1v) is 15.3. The van der Waals surface area contributed by atoms with Crippen LogP contribution in [0.2, 0.25) is 0 Å². The van der Waals surface area contributed by atoms with E-state index in [2.05, 4.69) is 25.1 Å². The number of nitrogens with zero attached hydrogens (tertiary/aromatic N) is 5. The van der Waals surface area contributed by atoms with E-state index in [1.54, 1.807) is 36.7 Å². The average molecular weight is 634 g/mol. The molecule has 10 heteroatoms. The molecular formula is C38H27N5O5. The number of aromatic hydroxyl groups is 2. The van der Waals surface area contributed by atoms with Crippen LogP contribution in [0.1, 0.15) is 38.4 Å². The summed E-state index contributed by atoms with van der Waals surface area (Å²) in [5.74, 6) is -0.112. The Kier molecular flexibility index (Phi) is 7.02. The van der Waals surface area contributed by atoms with Crippen molar-refractivity contribution in [2.45, 2.75) is 18.7 Å². The number of rotatable bonds is 7. The summed E-state index contributed by atoms with van der Waals surface area (Å²) in [6.45, 7) is 1.17. The Morgan fingerprint density at radius 3 is 2.08 bits per heavy atom. The van der Waals surface area contributed by atoms with Gasteiger partial charge in [0.2, 0.25) is 0 Å². The zero-order valence-corrected chi connectivity index (χ0v) is 25.4. The van der Waals surface area contributed by atoms with Crippen LogP contribution in [-0.2, 0) is 23.4 Å². The topological polar surface area (TPSA) is 130 Å². The number of pyridine rings is 2. The lowest BCUT2D eigenvalue weighted by Crippen LogP contribution is -2.32. The molecule has 2 aliphatic rings. The summed E-state index contributed by atoms with van der Waals surface area (Å²) in [7, 11) is 0. The van der Waals surface area contributed by atoms with Gasteiger partial charge in [0, 0.05) is 41.3 Å². The Morgan fingerprint density at radius 1 is 0.688 bits per heavy atom. The van der Waals surface area contributed by atoms with Gasteiger partial charge < -0.3 is 24.6 Å². The summed E-state index contributed by atoms with van der Waals surface area (Å²) in [5, 5.41) is 30.0. The molecule has 0 fully saturated rings. The zero-order valence-electron chi connectivity index (χ0n) is 25.4. The highest BCUT2D eigenvalue weighted by molar-refractivity contribution is 5.97. The number of carbonyl (C=O) groups excluding carboxylic acids is 1. The van der Waals surface area contributed by atoms with Crippen LogP contribution >= 0.6 is 0 Å². The summed E-state index contributed by atoms with van der Waals surface area (Å²) >= 11 is 0. The van der Waals surface area contributed by atoms with Gasteiger partial charge in [0.05, 0.1) is 41.3 Å². The van der Waals surface area contributed by atoms with Crippen molar-refractivity contribution in [3.63, 3.8) is 0 Å². The minimum Gasteiger partial charge on any atom is -0.508 e. The number of anilines is 1. The van der Waals surface area contributed by atoms with E-state index >= 15 is 0 Å². The van der Waals surface area contributed by atoms with Crippen molar-refractivity contribution in [3.8, 4) is 23.0 Å². The lowest BCUT2D eigenvalue weighted by Gasteiger charge is -2.36. The molecule has 0 amide bonds. The van der Waals surface area contributed by atoms with E-state index in [9.17, 15) is 15.0 Å². The van der Waals surface area contributed by atoms with Gasteiger partial charge in [-0.15, -0.1) is 5.11 Å². The third kappa shape index (κ3) is 5.05. The van der Waals surface area contributed by atoms with Crippen LogP contribution < -0.4 is 9.64 Å². The number of azo groups is 1. The van der Waals surface area contributed by atoms with Crippen LogP contribution in [0.5, 0.6) is 23.0 Å². The molecule has 1 unspecified atom stereocenters. The Hall–Kier alpha value is -6.55. The normalized spacial score (nSPS) is 15.8. The maximum atomic E-state index is 13.2. The maximum absolute atomic E-state index is 13.2. The molecule has 4 heterocycles. The van der Waals surface area contributed by atoms with Crippen molar-refractivity contribution in [2.24, 2.45) is 10.2 Å². The minimum absolute atomic E-state index is 0.0118. The summed E-state index contributed by atoms with van der Waals surface area (Å²) in [6.07, 6.45) is 3.56. The second-order valence-electron chi connectivity index (χ2n) is 11.5. The Bertz CT molecular complexity index is 2150. The van der Waals surface area contributed by atoms with Crippen molar-refractivity contribution < 1.29 is 24.5 Å². The van der Waals surface area contributed by atoms with E-state index in [0.29, 0.717) is 46.8 Å². The van der Waals surface area contributed by atoms with Gasteiger partial charge in [-0.2, -0.15) is 5.11 Å². The molecule has 234 valence electrons. The molecule has 0 saturated heterocycles. The monoisotopic (exact) mass is 633 g/mol. The van der Waals surface area contributed by atoms with Crippen LogP contribution in [0.3, 0.4) is 0 Å². The first-order valence-electron chi connectivity index (χ1n) is 15.3. The number of esters is 1.